The molecule has 3 nitrogen and oxygen atoms in total. The molecule has 2 rings (SSSR count). The maximum Gasteiger partial charge on any atom is 0.108 e. The van der Waals surface area contributed by atoms with Gasteiger partial charge in [-0.2, -0.15) is 0 Å². The lowest BCUT2D eigenvalue weighted by molar-refractivity contribution is 0.210. The summed E-state index contributed by atoms with van der Waals surface area (Å²) in [6.45, 7) is 6.98. The Balaban J connectivity index is 0.00000180. The molecule has 0 unspecified atom stereocenters. The maximum absolute atomic E-state index is 5.77. The van der Waals surface area contributed by atoms with Gasteiger partial charge < -0.3 is 5.73 Å². The highest BCUT2D eigenvalue weighted by Crippen LogP contribution is 2.23. The van der Waals surface area contributed by atoms with Crippen LogP contribution in [0.2, 0.25) is 0 Å². The topological polar surface area (TPSA) is 42.2 Å². The van der Waals surface area contributed by atoms with E-state index in [1.165, 1.54) is 9.71 Å². The van der Waals surface area contributed by atoms with Gasteiger partial charge in [0.1, 0.15) is 5.01 Å². The smallest absolute Gasteiger partial charge is 0.108 e. The van der Waals surface area contributed by atoms with Crippen LogP contribution >= 0.6 is 36.2 Å². The average molecular weight is 336 g/mol. The van der Waals surface area contributed by atoms with E-state index < -0.39 is 0 Å². The Morgan fingerprint density at radius 3 is 2.50 bits per heavy atom. The summed E-state index contributed by atoms with van der Waals surface area (Å²) in [5, 5.41) is 1.17. The minimum Gasteiger partial charge on any atom is -0.330 e. The van der Waals surface area contributed by atoms with Gasteiger partial charge in [-0.1, -0.05) is 26.0 Å². The summed E-state index contributed by atoms with van der Waals surface area (Å²) in [7, 11) is 2.13. The number of benzene rings is 1. The van der Waals surface area contributed by atoms with Crippen molar-refractivity contribution < 1.29 is 0 Å². The molecular weight excluding hydrogens is 313 g/mol. The SMILES string of the molecule is CN(Cc1nc2ccccc2s1)CC(C)(C)CN.Cl.Cl. The van der Waals surface area contributed by atoms with Gasteiger partial charge in [0.2, 0.25) is 0 Å². The molecule has 0 aliphatic heterocycles. The zero-order chi connectivity index (χ0) is 13.2. The predicted octanol–water partition coefficient (Wildman–Crippen LogP) is 3.56. The largest absolute Gasteiger partial charge is 0.330 e. The van der Waals surface area contributed by atoms with E-state index in [4.69, 9.17) is 5.73 Å². The third-order valence-corrected chi connectivity index (χ3v) is 4.02. The molecule has 0 spiro atoms. The molecule has 0 saturated heterocycles. The molecule has 1 heterocycles. The summed E-state index contributed by atoms with van der Waals surface area (Å²) < 4.78 is 1.26. The van der Waals surface area contributed by atoms with Gasteiger partial charge in [-0.25, -0.2) is 4.98 Å². The molecule has 0 saturated carbocycles. The van der Waals surface area contributed by atoms with Crippen LogP contribution in [0.5, 0.6) is 0 Å². The molecular formula is C14H23Cl2N3S. The maximum atomic E-state index is 5.77. The molecule has 20 heavy (non-hydrogen) atoms. The van der Waals surface area contributed by atoms with Crippen molar-refractivity contribution in [2.45, 2.75) is 20.4 Å². The van der Waals surface area contributed by atoms with Crippen molar-refractivity contribution in [3.8, 4) is 0 Å². The van der Waals surface area contributed by atoms with E-state index in [1.54, 1.807) is 11.3 Å². The summed E-state index contributed by atoms with van der Waals surface area (Å²) in [5.74, 6) is 0. The Morgan fingerprint density at radius 1 is 1.25 bits per heavy atom. The summed E-state index contributed by atoms with van der Waals surface area (Å²) in [6, 6.07) is 8.29. The van der Waals surface area contributed by atoms with Gasteiger partial charge in [0, 0.05) is 6.54 Å². The number of rotatable bonds is 5. The predicted molar refractivity (Wildman–Crippen MR) is 93.3 cm³/mol. The van der Waals surface area contributed by atoms with Crippen LogP contribution in [-0.2, 0) is 6.54 Å². The summed E-state index contributed by atoms with van der Waals surface area (Å²) in [5.41, 5.74) is 7.03. The normalized spacial score (nSPS) is 11.2. The number of halogens is 2. The highest BCUT2D eigenvalue weighted by atomic mass is 35.5. The number of thiazole rings is 1. The van der Waals surface area contributed by atoms with Crippen molar-refractivity contribution in [1.82, 2.24) is 9.88 Å². The van der Waals surface area contributed by atoms with Crippen LogP contribution in [0.4, 0.5) is 0 Å². The fourth-order valence-corrected chi connectivity index (χ4v) is 3.12. The fourth-order valence-electron chi connectivity index (χ4n) is 2.07. The van der Waals surface area contributed by atoms with Crippen molar-refractivity contribution >= 4 is 46.4 Å². The molecule has 114 valence electrons. The molecule has 1 aromatic carbocycles. The minimum absolute atomic E-state index is 0. The van der Waals surface area contributed by atoms with Crippen LogP contribution < -0.4 is 5.73 Å². The molecule has 0 amide bonds. The number of hydrogen-bond acceptors (Lipinski definition) is 4. The van der Waals surface area contributed by atoms with Crippen molar-refractivity contribution in [3.05, 3.63) is 29.3 Å². The summed E-state index contributed by atoms with van der Waals surface area (Å²) in [6.07, 6.45) is 0. The quantitative estimate of drug-likeness (QED) is 0.908. The van der Waals surface area contributed by atoms with E-state index >= 15 is 0 Å². The second-order valence-corrected chi connectivity index (χ2v) is 6.73. The first-order valence-electron chi connectivity index (χ1n) is 6.23. The third-order valence-electron chi connectivity index (χ3n) is 2.99. The Labute approximate surface area is 137 Å². The Morgan fingerprint density at radius 2 is 1.90 bits per heavy atom. The fraction of sp³-hybridized carbons (Fsp3) is 0.500. The van der Waals surface area contributed by atoms with E-state index in [1.807, 2.05) is 6.07 Å². The van der Waals surface area contributed by atoms with Gasteiger partial charge in [0.25, 0.3) is 0 Å². The lowest BCUT2D eigenvalue weighted by atomic mass is 9.93. The van der Waals surface area contributed by atoms with E-state index in [-0.39, 0.29) is 30.2 Å². The standard InChI is InChI=1S/C14H21N3S.2ClH/c1-14(2,9-15)10-17(3)8-13-16-11-6-4-5-7-12(11)18-13;;/h4-7H,8-10,15H2,1-3H3;2*1H. The van der Waals surface area contributed by atoms with Gasteiger partial charge in [-0.3, -0.25) is 4.90 Å². The van der Waals surface area contributed by atoms with Crippen LogP contribution in [0, 0.1) is 5.41 Å². The molecule has 2 aromatic rings. The minimum atomic E-state index is 0. The average Bonchev–Trinajstić information content (AvgIpc) is 2.70. The zero-order valence-corrected chi connectivity index (χ0v) is 14.6. The van der Waals surface area contributed by atoms with Crippen LogP contribution in [0.1, 0.15) is 18.9 Å². The van der Waals surface area contributed by atoms with Crippen molar-refractivity contribution in [2.75, 3.05) is 20.1 Å². The van der Waals surface area contributed by atoms with E-state index in [0.717, 1.165) is 18.6 Å². The molecule has 0 bridgehead atoms. The number of nitrogens with zero attached hydrogens (tertiary/aromatic N) is 2. The summed E-state index contributed by atoms with van der Waals surface area (Å²) >= 11 is 1.78. The number of nitrogens with two attached hydrogens (primary N) is 1. The van der Waals surface area contributed by atoms with E-state index in [2.05, 4.69) is 49.0 Å². The second-order valence-electron chi connectivity index (χ2n) is 5.62. The van der Waals surface area contributed by atoms with Gasteiger partial charge in [0.15, 0.2) is 0 Å². The van der Waals surface area contributed by atoms with E-state index in [9.17, 15) is 0 Å². The Bertz CT molecular complexity index is 495. The molecule has 6 heteroatoms. The van der Waals surface area contributed by atoms with Crippen LogP contribution in [0.25, 0.3) is 10.2 Å². The molecule has 0 aliphatic carbocycles. The van der Waals surface area contributed by atoms with Crippen molar-refractivity contribution in [3.63, 3.8) is 0 Å². The second kappa shape index (κ2) is 8.15. The van der Waals surface area contributed by atoms with Gasteiger partial charge >= 0.3 is 0 Å². The zero-order valence-electron chi connectivity index (χ0n) is 12.1. The van der Waals surface area contributed by atoms with Crippen LogP contribution in [0.15, 0.2) is 24.3 Å². The van der Waals surface area contributed by atoms with Crippen LogP contribution in [0.3, 0.4) is 0 Å². The Kier molecular flexibility index (Phi) is 7.99. The number of para-hydroxylation sites is 1. The van der Waals surface area contributed by atoms with Crippen molar-refractivity contribution in [1.29, 1.82) is 0 Å². The van der Waals surface area contributed by atoms with Crippen molar-refractivity contribution in [2.24, 2.45) is 11.1 Å². The monoisotopic (exact) mass is 335 g/mol. The number of hydrogen-bond donors (Lipinski definition) is 1. The first kappa shape index (κ1) is 19.6. The first-order valence-corrected chi connectivity index (χ1v) is 7.05. The lowest BCUT2D eigenvalue weighted by Crippen LogP contribution is -2.36. The van der Waals surface area contributed by atoms with Gasteiger partial charge in [-0.15, -0.1) is 36.2 Å². The highest BCUT2D eigenvalue weighted by Gasteiger charge is 2.18. The molecule has 1 aromatic heterocycles. The third kappa shape index (κ3) is 5.19. The molecule has 0 radical (unpaired) electrons. The lowest BCUT2D eigenvalue weighted by Gasteiger charge is -2.28. The first-order chi connectivity index (χ1) is 8.50. The van der Waals surface area contributed by atoms with Gasteiger partial charge in [0.05, 0.1) is 16.8 Å². The van der Waals surface area contributed by atoms with Gasteiger partial charge in [-0.05, 0) is 31.1 Å². The molecule has 0 atom stereocenters. The molecule has 0 fully saturated rings. The highest BCUT2D eigenvalue weighted by molar-refractivity contribution is 7.18. The number of aromatic nitrogens is 1. The summed E-state index contributed by atoms with van der Waals surface area (Å²) in [4.78, 5) is 6.95. The van der Waals surface area contributed by atoms with Crippen LogP contribution in [-0.4, -0.2) is 30.0 Å². The Hall–Kier alpha value is -0.390. The van der Waals surface area contributed by atoms with E-state index in [0.29, 0.717) is 6.54 Å². The number of fused-ring (bicyclic) bond motifs is 1. The molecule has 0 aliphatic rings. The molecule has 2 N–H and O–H groups in total.